The monoisotopic (exact) mass is 254 g/mol. The fraction of sp³-hybridized carbons (Fsp3) is 0.538. The molecule has 1 aromatic carbocycles. The summed E-state index contributed by atoms with van der Waals surface area (Å²) in [7, 11) is 3.18. The van der Waals surface area contributed by atoms with E-state index in [0.29, 0.717) is 11.3 Å². The van der Waals surface area contributed by atoms with E-state index in [4.69, 9.17) is 20.9 Å². The maximum absolute atomic E-state index is 9.78. The molecular weight excluding hydrogens is 232 g/mol. The predicted octanol–water partition coefficient (Wildman–Crippen LogP) is 0.640. The Morgan fingerprint density at radius 1 is 1.22 bits per heavy atom. The normalized spacial score (nSPS) is 14.2. The smallest absolute Gasteiger partial charge is 0.127 e. The van der Waals surface area contributed by atoms with Crippen molar-refractivity contribution in [3.8, 4) is 11.5 Å². The van der Waals surface area contributed by atoms with E-state index in [-0.39, 0.29) is 6.54 Å². The molecule has 0 saturated heterocycles. The van der Waals surface area contributed by atoms with E-state index in [2.05, 4.69) is 0 Å². The predicted molar refractivity (Wildman–Crippen MR) is 71.0 cm³/mol. The van der Waals surface area contributed by atoms with Crippen LogP contribution < -0.4 is 20.9 Å². The Morgan fingerprint density at radius 3 is 2.28 bits per heavy atom. The van der Waals surface area contributed by atoms with Gasteiger partial charge in [-0.1, -0.05) is 0 Å². The summed E-state index contributed by atoms with van der Waals surface area (Å²) in [5.74, 6) is 1.40. The van der Waals surface area contributed by atoms with Gasteiger partial charge in [0.1, 0.15) is 11.5 Å². The Morgan fingerprint density at radius 2 is 1.83 bits per heavy atom. The van der Waals surface area contributed by atoms with Gasteiger partial charge in [-0.05, 0) is 31.0 Å². The van der Waals surface area contributed by atoms with Crippen LogP contribution in [0.25, 0.3) is 0 Å². The zero-order chi connectivity index (χ0) is 13.9. The van der Waals surface area contributed by atoms with Gasteiger partial charge < -0.3 is 26.0 Å². The van der Waals surface area contributed by atoms with Gasteiger partial charge in [0.15, 0.2) is 0 Å². The number of aliphatic hydroxyl groups is 1. The van der Waals surface area contributed by atoms with Crippen molar-refractivity contribution in [2.75, 3.05) is 20.8 Å². The van der Waals surface area contributed by atoms with E-state index >= 15 is 0 Å². The van der Waals surface area contributed by atoms with Crippen molar-refractivity contribution in [1.82, 2.24) is 0 Å². The summed E-state index contributed by atoms with van der Waals surface area (Å²) < 4.78 is 10.7. The van der Waals surface area contributed by atoms with Crippen molar-refractivity contribution in [2.45, 2.75) is 26.0 Å². The average molecular weight is 254 g/mol. The van der Waals surface area contributed by atoms with Crippen molar-refractivity contribution in [3.05, 3.63) is 22.8 Å². The second-order valence-corrected chi connectivity index (χ2v) is 4.28. The maximum Gasteiger partial charge on any atom is 0.127 e. The topological polar surface area (TPSA) is 90.7 Å². The van der Waals surface area contributed by atoms with Crippen LogP contribution in [0.2, 0.25) is 0 Å². The van der Waals surface area contributed by atoms with Crippen LogP contribution in [0.15, 0.2) is 6.07 Å². The summed E-state index contributed by atoms with van der Waals surface area (Å²) >= 11 is 0. The lowest BCUT2D eigenvalue weighted by molar-refractivity contribution is 0.151. The van der Waals surface area contributed by atoms with Crippen LogP contribution in [0.4, 0.5) is 0 Å². The number of nitrogens with two attached hydrogens (primary N) is 2. The molecule has 5 heteroatoms. The first kappa shape index (κ1) is 14.8. The van der Waals surface area contributed by atoms with Crippen LogP contribution in [0.5, 0.6) is 11.5 Å². The highest BCUT2D eigenvalue weighted by atomic mass is 16.5. The van der Waals surface area contributed by atoms with Gasteiger partial charge in [0, 0.05) is 12.1 Å². The zero-order valence-electron chi connectivity index (χ0n) is 11.4. The minimum Gasteiger partial charge on any atom is -0.496 e. The van der Waals surface area contributed by atoms with Gasteiger partial charge in [0.05, 0.1) is 26.4 Å². The number of hydrogen-bond acceptors (Lipinski definition) is 5. The Hall–Kier alpha value is -1.30. The Bertz CT molecular complexity index is 421. The van der Waals surface area contributed by atoms with Crippen LogP contribution in [0.3, 0.4) is 0 Å². The van der Waals surface area contributed by atoms with E-state index < -0.39 is 12.1 Å². The van der Waals surface area contributed by atoms with Crippen molar-refractivity contribution in [2.24, 2.45) is 11.5 Å². The van der Waals surface area contributed by atoms with Gasteiger partial charge in [-0.25, -0.2) is 0 Å². The molecule has 102 valence electrons. The highest BCUT2D eigenvalue weighted by molar-refractivity contribution is 5.53. The van der Waals surface area contributed by atoms with Crippen LogP contribution >= 0.6 is 0 Å². The average Bonchev–Trinajstić information content (AvgIpc) is 2.39. The molecule has 0 fully saturated rings. The number of methoxy groups -OCH3 is 2. The molecule has 1 rings (SSSR count). The Labute approximate surface area is 108 Å². The third-order valence-electron chi connectivity index (χ3n) is 3.26. The second kappa shape index (κ2) is 6.04. The molecule has 2 atom stereocenters. The number of benzene rings is 1. The molecule has 0 aliphatic heterocycles. The van der Waals surface area contributed by atoms with Gasteiger partial charge >= 0.3 is 0 Å². The minimum atomic E-state index is -0.814. The summed E-state index contributed by atoms with van der Waals surface area (Å²) in [6.07, 6.45) is -0.814. The third kappa shape index (κ3) is 2.58. The van der Waals surface area contributed by atoms with Crippen LogP contribution in [-0.4, -0.2) is 32.0 Å². The van der Waals surface area contributed by atoms with Crippen LogP contribution in [0, 0.1) is 13.8 Å². The zero-order valence-corrected chi connectivity index (χ0v) is 11.4. The SMILES string of the molecule is COc1cc(C(N)C(O)CN)c(OC)c(C)c1C. The number of ether oxygens (including phenoxy) is 2. The number of hydrogen-bond donors (Lipinski definition) is 3. The molecule has 0 spiro atoms. The second-order valence-electron chi connectivity index (χ2n) is 4.28. The molecule has 0 aliphatic carbocycles. The fourth-order valence-electron chi connectivity index (χ4n) is 1.97. The van der Waals surface area contributed by atoms with E-state index in [1.165, 1.54) is 0 Å². The minimum absolute atomic E-state index is 0.0968. The van der Waals surface area contributed by atoms with Gasteiger partial charge in [0.25, 0.3) is 0 Å². The molecule has 0 heterocycles. The van der Waals surface area contributed by atoms with Crippen molar-refractivity contribution >= 4 is 0 Å². The molecular formula is C13H22N2O3. The van der Waals surface area contributed by atoms with Crippen LogP contribution in [-0.2, 0) is 0 Å². The maximum atomic E-state index is 9.78. The van der Waals surface area contributed by atoms with Crippen molar-refractivity contribution in [3.63, 3.8) is 0 Å². The van der Waals surface area contributed by atoms with Gasteiger partial charge in [-0.3, -0.25) is 0 Å². The molecule has 0 saturated carbocycles. The third-order valence-corrected chi connectivity index (χ3v) is 3.26. The van der Waals surface area contributed by atoms with Crippen molar-refractivity contribution < 1.29 is 14.6 Å². The lowest BCUT2D eigenvalue weighted by Crippen LogP contribution is -2.33. The first-order valence-corrected chi connectivity index (χ1v) is 5.83. The molecule has 0 aliphatic rings. The number of rotatable bonds is 5. The quantitative estimate of drug-likeness (QED) is 0.717. The Kier molecular flexibility index (Phi) is 4.95. The van der Waals surface area contributed by atoms with Gasteiger partial charge in [-0.15, -0.1) is 0 Å². The lowest BCUT2D eigenvalue weighted by atomic mass is 9.95. The first-order chi connectivity index (χ1) is 8.47. The summed E-state index contributed by atoms with van der Waals surface area (Å²) in [6, 6.07) is 1.20. The molecule has 0 aromatic heterocycles. The first-order valence-electron chi connectivity index (χ1n) is 5.83. The van der Waals surface area contributed by atoms with Gasteiger partial charge in [-0.2, -0.15) is 0 Å². The summed E-state index contributed by atoms with van der Waals surface area (Å²) in [4.78, 5) is 0. The van der Waals surface area contributed by atoms with Crippen molar-refractivity contribution in [1.29, 1.82) is 0 Å². The molecule has 18 heavy (non-hydrogen) atoms. The highest BCUT2D eigenvalue weighted by Gasteiger charge is 2.23. The van der Waals surface area contributed by atoms with Crippen LogP contribution in [0.1, 0.15) is 22.7 Å². The van der Waals surface area contributed by atoms with E-state index in [1.807, 2.05) is 13.8 Å². The standard InChI is InChI=1S/C13H22N2O3/c1-7-8(2)13(18-4)9(5-11(7)17-3)12(15)10(16)6-14/h5,10,12,16H,6,14-15H2,1-4H3. The molecule has 1 aromatic rings. The van der Waals surface area contributed by atoms with Gasteiger partial charge in [0.2, 0.25) is 0 Å². The highest BCUT2D eigenvalue weighted by Crippen LogP contribution is 2.36. The summed E-state index contributed by atoms with van der Waals surface area (Å²) in [5, 5.41) is 9.78. The summed E-state index contributed by atoms with van der Waals surface area (Å²) in [5.41, 5.74) is 14.1. The molecule has 0 bridgehead atoms. The molecule has 0 radical (unpaired) electrons. The largest absolute Gasteiger partial charge is 0.496 e. The van der Waals surface area contributed by atoms with E-state index in [0.717, 1.165) is 16.9 Å². The van der Waals surface area contributed by atoms with E-state index in [1.54, 1.807) is 20.3 Å². The summed E-state index contributed by atoms with van der Waals surface area (Å²) in [6.45, 7) is 3.98. The lowest BCUT2D eigenvalue weighted by Gasteiger charge is -2.23. The molecule has 5 nitrogen and oxygen atoms in total. The number of aliphatic hydroxyl groups excluding tert-OH is 1. The van der Waals surface area contributed by atoms with E-state index in [9.17, 15) is 5.11 Å². The fourth-order valence-corrected chi connectivity index (χ4v) is 1.97. The molecule has 5 N–H and O–H groups in total. The molecule has 0 amide bonds. The Balaban J connectivity index is 3.37. The molecule has 2 unspecified atom stereocenters.